The van der Waals surface area contributed by atoms with E-state index in [2.05, 4.69) is 15.9 Å². The quantitative estimate of drug-likeness (QED) is 0.571. The van der Waals surface area contributed by atoms with Crippen molar-refractivity contribution in [3.8, 4) is 0 Å². The number of esters is 1. The summed E-state index contributed by atoms with van der Waals surface area (Å²) >= 11 is 3.30. The maximum Gasteiger partial charge on any atom is 0.338 e. The number of carbonyl (C=O) groups excluding carboxylic acids is 1. The van der Waals surface area contributed by atoms with E-state index in [1.807, 2.05) is 25.1 Å². The standard InChI is InChI=1S/C19H23BrN2O4S/c1-4-26-19(23)15-10-11-18(17(20)14-15)27(24,25)22(13-12-21(2)3)16-8-6-5-7-9-16/h5-11,14H,4,12-13H2,1-3H3. The zero-order valence-electron chi connectivity index (χ0n) is 15.6. The molecular weight excluding hydrogens is 432 g/mol. The minimum atomic E-state index is -3.83. The molecule has 2 rings (SSSR count). The fraction of sp³-hybridized carbons (Fsp3) is 0.316. The van der Waals surface area contributed by atoms with Crippen LogP contribution in [0.5, 0.6) is 0 Å². The molecule has 0 N–H and O–H groups in total. The Morgan fingerprint density at radius 2 is 1.74 bits per heavy atom. The summed E-state index contributed by atoms with van der Waals surface area (Å²) in [6.07, 6.45) is 0. The Bertz CT molecular complexity index is 886. The Balaban J connectivity index is 2.44. The number of hydrogen-bond acceptors (Lipinski definition) is 5. The van der Waals surface area contributed by atoms with Gasteiger partial charge in [-0.3, -0.25) is 4.31 Å². The minimum absolute atomic E-state index is 0.0955. The Kier molecular flexibility index (Phi) is 7.41. The number of anilines is 1. The molecule has 0 saturated carbocycles. The van der Waals surface area contributed by atoms with Gasteiger partial charge < -0.3 is 9.64 Å². The molecule has 0 saturated heterocycles. The van der Waals surface area contributed by atoms with Crippen molar-refractivity contribution >= 4 is 37.6 Å². The zero-order valence-corrected chi connectivity index (χ0v) is 18.0. The van der Waals surface area contributed by atoms with Crippen LogP contribution in [0.4, 0.5) is 5.69 Å². The molecule has 0 aliphatic carbocycles. The molecule has 2 aromatic carbocycles. The van der Waals surface area contributed by atoms with E-state index in [-0.39, 0.29) is 11.5 Å². The molecule has 0 heterocycles. The van der Waals surface area contributed by atoms with Gasteiger partial charge in [-0.2, -0.15) is 0 Å². The Morgan fingerprint density at radius 1 is 1.07 bits per heavy atom. The van der Waals surface area contributed by atoms with E-state index in [0.29, 0.717) is 28.8 Å². The Labute approximate surface area is 168 Å². The molecule has 0 aliphatic rings. The number of hydrogen-bond donors (Lipinski definition) is 0. The molecular formula is C19H23BrN2O4S. The summed E-state index contributed by atoms with van der Waals surface area (Å²) in [6, 6.07) is 13.3. The van der Waals surface area contributed by atoms with Gasteiger partial charge in [0.1, 0.15) is 4.90 Å². The molecule has 6 nitrogen and oxygen atoms in total. The van der Waals surface area contributed by atoms with E-state index in [9.17, 15) is 13.2 Å². The van der Waals surface area contributed by atoms with Crippen LogP contribution in [0.1, 0.15) is 17.3 Å². The monoisotopic (exact) mass is 454 g/mol. The minimum Gasteiger partial charge on any atom is -0.462 e. The summed E-state index contributed by atoms with van der Waals surface area (Å²) in [5, 5.41) is 0. The Hall–Kier alpha value is -1.90. The number of halogens is 1. The molecule has 0 spiro atoms. The van der Waals surface area contributed by atoms with Gasteiger partial charge in [-0.25, -0.2) is 13.2 Å². The van der Waals surface area contributed by atoms with Gasteiger partial charge in [-0.05, 0) is 67.3 Å². The normalized spacial score (nSPS) is 11.4. The smallest absolute Gasteiger partial charge is 0.338 e. The predicted molar refractivity (Wildman–Crippen MR) is 110 cm³/mol. The lowest BCUT2D eigenvalue weighted by molar-refractivity contribution is 0.0526. The van der Waals surface area contributed by atoms with Gasteiger partial charge >= 0.3 is 5.97 Å². The topological polar surface area (TPSA) is 66.9 Å². The molecule has 146 valence electrons. The van der Waals surface area contributed by atoms with Gasteiger partial charge in [0.2, 0.25) is 0 Å². The van der Waals surface area contributed by atoms with E-state index in [0.717, 1.165) is 0 Å². The van der Waals surface area contributed by atoms with Gasteiger partial charge in [0.05, 0.1) is 17.9 Å². The molecule has 27 heavy (non-hydrogen) atoms. The van der Waals surface area contributed by atoms with E-state index < -0.39 is 16.0 Å². The van der Waals surface area contributed by atoms with Crippen molar-refractivity contribution in [3.05, 3.63) is 58.6 Å². The number of benzene rings is 2. The summed E-state index contributed by atoms with van der Waals surface area (Å²) in [7, 11) is -0.0501. The third-order valence-corrected chi connectivity index (χ3v) is 6.61. The highest BCUT2D eigenvalue weighted by Gasteiger charge is 2.27. The van der Waals surface area contributed by atoms with Crippen LogP contribution in [0, 0.1) is 0 Å². The van der Waals surface area contributed by atoms with Crippen molar-refractivity contribution in [2.75, 3.05) is 38.1 Å². The molecule has 0 aromatic heterocycles. The van der Waals surface area contributed by atoms with Crippen molar-refractivity contribution < 1.29 is 17.9 Å². The number of para-hydroxylation sites is 1. The van der Waals surface area contributed by atoms with Gasteiger partial charge in [-0.1, -0.05) is 18.2 Å². The van der Waals surface area contributed by atoms with Crippen molar-refractivity contribution in [1.82, 2.24) is 4.90 Å². The van der Waals surface area contributed by atoms with Gasteiger partial charge in [0, 0.05) is 17.6 Å². The highest BCUT2D eigenvalue weighted by Crippen LogP contribution is 2.29. The maximum absolute atomic E-state index is 13.3. The summed E-state index contributed by atoms with van der Waals surface area (Å²) in [6.45, 7) is 2.83. The fourth-order valence-corrected chi connectivity index (χ4v) is 4.94. The fourth-order valence-electron chi connectivity index (χ4n) is 2.44. The molecule has 0 aliphatic heterocycles. The molecule has 0 unspecified atom stereocenters. The summed E-state index contributed by atoms with van der Waals surface area (Å²) in [5.41, 5.74) is 0.878. The second-order valence-corrected chi connectivity index (χ2v) is 8.77. The number of nitrogens with zero attached hydrogens (tertiary/aromatic N) is 2. The third kappa shape index (κ3) is 5.31. The highest BCUT2D eigenvalue weighted by molar-refractivity contribution is 9.10. The van der Waals surface area contributed by atoms with E-state index in [1.54, 1.807) is 31.2 Å². The van der Waals surface area contributed by atoms with Crippen molar-refractivity contribution in [3.63, 3.8) is 0 Å². The second kappa shape index (κ2) is 9.34. The Morgan fingerprint density at radius 3 is 2.30 bits per heavy atom. The number of rotatable bonds is 8. The largest absolute Gasteiger partial charge is 0.462 e. The van der Waals surface area contributed by atoms with Gasteiger partial charge in [0.25, 0.3) is 10.0 Å². The van der Waals surface area contributed by atoms with Crippen molar-refractivity contribution in [2.24, 2.45) is 0 Å². The summed E-state index contributed by atoms with van der Waals surface area (Å²) in [4.78, 5) is 13.9. The summed E-state index contributed by atoms with van der Waals surface area (Å²) in [5.74, 6) is -0.491. The number of carbonyl (C=O) groups is 1. The average Bonchev–Trinajstić information content (AvgIpc) is 2.62. The SMILES string of the molecule is CCOC(=O)c1ccc(S(=O)(=O)N(CCN(C)C)c2ccccc2)c(Br)c1. The van der Waals surface area contributed by atoms with E-state index in [4.69, 9.17) is 4.74 Å². The number of ether oxygens (including phenoxy) is 1. The molecule has 8 heteroatoms. The van der Waals surface area contributed by atoms with Crippen LogP contribution in [0.3, 0.4) is 0 Å². The van der Waals surface area contributed by atoms with Crippen LogP contribution in [0.15, 0.2) is 57.9 Å². The molecule has 0 atom stereocenters. The molecule has 0 bridgehead atoms. The second-order valence-electron chi connectivity index (χ2n) is 6.08. The van der Waals surface area contributed by atoms with Crippen LogP contribution < -0.4 is 4.31 Å². The predicted octanol–water partition coefficient (Wildman–Crippen LogP) is 3.38. The third-order valence-electron chi connectivity index (χ3n) is 3.81. The van der Waals surface area contributed by atoms with Crippen molar-refractivity contribution in [2.45, 2.75) is 11.8 Å². The van der Waals surface area contributed by atoms with Crippen LogP contribution in [-0.2, 0) is 14.8 Å². The summed E-state index contributed by atoms with van der Waals surface area (Å²) < 4.78 is 33.3. The molecule has 0 radical (unpaired) electrons. The van der Waals surface area contributed by atoms with Gasteiger partial charge in [0.15, 0.2) is 0 Å². The lowest BCUT2D eigenvalue weighted by atomic mass is 10.2. The molecule has 0 fully saturated rings. The average molecular weight is 455 g/mol. The van der Waals surface area contributed by atoms with Crippen molar-refractivity contribution in [1.29, 1.82) is 0 Å². The van der Waals surface area contributed by atoms with Gasteiger partial charge in [-0.15, -0.1) is 0 Å². The first-order valence-corrected chi connectivity index (χ1v) is 10.7. The van der Waals surface area contributed by atoms with E-state index >= 15 is 0 Å². The maximum atomic E-state index is 13.3. The van der Waals surface area contributed by atoms with E-state index in [1.165, 1.54) is 22.5 Å². The first-order chi connectivity index (χ1) is 12.8. The lowest BCUT2D eigenvalue weighted by Crippen LogP contribution is -2.37. The number of likely N-dealkylation sites (N-methyl/N-ethyl adjacent to an activating group) is 1. The first-order valence-electron chi connectivity index (χ1n) is 8.46. The molecule has 2 aromatic rings. The lowest BCUT2D eigenvalue weighted by Gasteiger charge is -2.26. The van der Waals surface area contributed by atoms with Crippen LogP contribution in [-0.4, -0.2) is 53.1 Å². The van der Waals surface area contributed by atoms with Crippen LogP contribution in [0.2, 0.25) is 0 Å². The highest BCUT2D eigenvalue weighted by atomic mass is 79.9. The first kappa shape index (κ1) is 21.4. The molecule has 0 amide bonds. The van der Waals surface area contributed by atoms with Crippen LogP contribution >= 0.6 is 15.9 Å². The van der Waals surface area contributed by atoms with Crippen LogP contribution in [0.25, 0.3) is 0 Å². The zero-order chi connectivity index (χ0) is 20.0. The number of sulfonamides is 1.